The van der Waals surface area contributed by atoms with Gasteiger partial charge in [-0.2, -0.15) is 0 Å². The molecule has 0 aliphatic heterocycles. The fourth-order valence-electron chi connectivity index (χ4n) is 2.07. The Morgan fingerprint density at radius 2 is 2.22 bits per heavy atom. The van der Waals surface area contributed by atoms with Crippen LogP contribution in [0, 0.1) is 11.8 Å². The predicted octanol–water partition coefficient (Wildman–Crippen LogP) is 0.346. The van der Waals surface area contributed by atoms with Crippen LogP contribution in [0.5, 0.6) is 0 Å². The van der Waals surface area contributed by atoms with Crippen molar-refractivity contribution in [2.45, 2.75) is 25.4 Å². The lowest BCUT2D eigenvalue weighted by Crippen LogP contribution is -2.23. The highest BCUT2D eigenvalue weighted by atomic mass is 16.3. The first-order valence-electron chi connectivity index (χ1n) is 3.48. The fourth-order valence-corrected chi connectivity index (χ4v) is 2.07. The van der Waals surface area contributed by atoms with Crippen molar-refractivity contribution in [3.8, 4) is 0 Å². The molecule has 2 rings (SSSR count). The quantitative estimate of drug-likeness (QED) is 0.508. The average Bonchev–Trinajstić information content (AvgIpc) is 2.22. The lowest BCUT2D eigenvalue weighted by molar-refractivity contribution is -0.125. The van der Waals surface area contributed by atoms with Crippen molar-refractivity contribution in [2.24, 2.45) is 11.8 Å². The van der Waals surface area contributed by atoms with Crippen LogP contribution in [-0.4, -0.2) is 17.0 Å². The summed E-state index contributed by atoms with van der Waals surface area (Å²) in [6.07, 6.45) is 2.27. The van der Waals surface area contributed by atoms with E-state index in [9.17, 15) is 4.79 Å². The van der Waals surface area contributed by atoms with E-state index in [2.05, 4.69) is 0 Å². The summed E-state index contributed by atoms with van der Waals surface area (Å²) in [6.45, 7) is 0. The van der Waals surface area contributed by atoms with Crippen LogP contribution in [0.3, 0.4) is 0 Å². The van der Waals surface area contributed by atoms with Crippen molar-refractivity contribution in [1.29, 1.82) is 0 Å². The molecule has 0 spiro atoms. The van der Waals surface area contributed by atoms with Crippen molar-refractivity contribution in [3.63, 3.8) is 0 Å². The highest BCUT2D eigenvalue weighted by Gasteiger charge is 2.44. The van der Waals surface area contributed by atoms with Crippen LogP contribution in [0.4, 0.5) is 0 Å². The Morgan fingerprint density at radius 3 is 2.56 bits per heavy atom. The van der Waals surface area contributed by atoms with Crippen LogP contribution in [0.2, 0.25) is 0 Å². The molecule has 9 heavy (non-hydrogen) atoms. The zero-order valence-electron chi connectivity index (χ0n) is 5.21. The van der Waals surface area contributed by atoms with E-state index >= 15 is 0 Å². The summed E-state index contributed by atoms with van der Waals surface area (Å²) in [5.41, 5.74) is 0. The van der Waals surface area contributed by atoms with Crippen LogP contribution < -0.4 is 0 Å². The third kappa shape index (κ3) is 0.628. The van der Waals surface area contributed by atoms with E-state index in [1.54, 1.807) is 0 Å². The standard InChI is InChI=1S/C7H10O2/c8-6-2-4-1-5(6)7(9)3-4/h4-6,8H,1-3H2/t4-,5+,6?/m1/s1. The van der Waals surface area contributed by atoms with Crippen molar-refractivity contribution < 1.29 is 9.90 Å². The van der Waals surface area contributed by atoms with Gasteiger partial charge in [-0.1, -0.05) is 0 Å². The van der Waals surface area contributed by atoms with Gasteiger partial charge in [-0.15, -0.1) is 0 Å². The van der Waals surface area contributed by atoms with Gasteiger partial charge in [0.1, 0.15) is 5.78 Å². The van der Waals surface area contributed by atoms with E-state index in [0.29, 0.717) is 11.7 Å². The van der Waals surface area contributed by atoms with Gasteiger partial charge in [-0.25, -0.2) is 0 Å². The van der Waals surface area contributed by atoms with Gasteiger partial charge < -0.3 is 5.11 Å². The molecular weight excluding hydrogens is 116 g/mol. The molecule has 0 radical (unpaired) electrons. The number of aliphatic hydroxyl groups is 1. The zero-order chi connectivity index (χ0) is 6.43. The molecule has 1 N–H and O–H groups in total. The second-order valence-corrected chi connectivity index (χ2v) is 3.18. The van der Waals surface area contributed by atoms with Gasteiger partial charge in [0.05, 0.1) is 6.10 Å². The van der Waals surface area contributed by atoms with Gasteiger partial charge in [0.2, 0.25) is 0 Å². The summed E-state index contributed by atoms with van der Waals surface area (Å²) in [7, 11) is 0. The minimum absolute atomic E-state index is 0.0231. The molecule has 2 heteroatoms. The number of carbonyl (C=O) groups is 1. The molecule has 3 atom stereocenters. The fraction of sp³-hybridized carbons (Fsp3) is 0.857. The molecule has 0 aromatic carbocycles. The second-order valence-electron chi connectivity index (χ2n) is 3.18. The molecule has 0 heterocycles. The van der Waals surface area contributed by atoms with Crippen molar-refractivity contribution in [3.05, 3.63) is 0 Å². The summed E-state index contributed by atoms with van der Waals surface area (Å²) in [4.78, 5) is 10.9. The van der Waals surface area contributed by atoms with E-state index in [1.165, 1.54) is 0 Å². The van der Waals surface area contributed by atoms with Gasteiger partial charge in [-0.05, 0) is 18.8 Å². The predicted molar refractivity (Wildman–Crippen MR) is 31.8 cm³/mol. The smallest absolute Gasteiger partial charge is 0.138 e. The van der Waals surface area contributed by atoms with Gasteiger partial charge >= 0.3 is 0 Å². The normalized spacial score (nSPS) is 48.6. The number of aliphatic hydroxyl groups excluding tert-OH is 1. The van der Waals surface area contributed by atoms with Crippen LogP contribution >= 0.6 is 0 Å². The molecule has 2 bridgehead atoms. The van der Waals surface area contributed by atoms with Crippen LogP contribution in [-0.2, 0) is 4.79 Å². The molecule has 2 saturated carbocycles. The Morgan fingerprint density at radius 1 is 1.44 bits per heavy atom. The minimum Gasteiger partial charge on any atom is -0.392 e. The molecule has 0 aromatic heterocycles. The third-order valence-corrected chi connectivity index (χ3v) is 2.53. The SMILES string of the molecule is O=C1C[C@H]2CC(O)[C@@H]1C2. The first kappa shape index (κ1) is 5.42. The third-order valence-electron chi connectivity index (χ3n) is 2.53. The summed E-state index contributed by atoms with van der Waals surface area (Å²) in [5, 5.41) is 9.17. The average molecular weight is 126 g/mol. The first-order valence-corrected chi connectivity index (χ1v) is 3.48. The molecule has 2 aliphatic rings. The number of hydrogen-bond donors (Lipinski definition) is 1. The number of rotatable bonds is 0. The topological polar surface area (TPSA) is 37.3 Å². The minimum atomic E-state index is -0.295. The van der Waals surface area contributed by atoms with E-state index in [-0.39, 0.29) is 12.0 Å². The van der Waals surface area contributed by atoms with Gasteiger partial charge in [0.25, 0.3) is 0 Å². The monoisotopic (exact) mass is 126 g/mol. The molecule has 2 nitrogen and oxygen atoms in total. The van der Waals surface area contributed by atoms with E-state index in [0.717, 1.165) is 19.3 Å². The van der Waals surface area contributed by atoms with Crippen molar-refractivity contribution in [1.82, 2.24) is 0 Å². The Kier molecular flexibility index (Phi) is 0.943. The number of fused-ring (bicyclic) bond motifs is 2. The lowest BCUT2D eigenvalue weighted by atomic mass is 9.97. The number of carbonyl (C=O) groups excluding carboxylic acids is 1. The Hall–Kier alpha value is -0.370. The van der Waals surface area contributed by atoms with E-state index < -0.39 is 0 Å². The maximum atomic E-state index is 10.9. The van der Waals surface area contributed by atoms with Crippen molar-refractivity contribution >= 4 is 5.78 Å². The van der Waals surface area contributed by atoms with Gasteiger partial charge in [-0.3, -0.25) is 4.79 Å². The highest BCUT2D eigenvalue weighted by Crippen LogP contribution is 2.41. The Balaban J connectivity index is 2.21. The Bertz CT molecular complexity index is 153. The maximum Gasteiger partial charge on any atom is 0.138 e. The molecule has 2 fully saturated rings. The lowest BCUT2D eigenvalue weighted by Gasteiger charge is -2.13. The molecule has 1 unspecified atom stereocenters. The van der Waals surface area contributed by atoms with Crippen LogP contribution in [0.25, 0.3) is 0 Å². The first-order chi connectivity index (χ1) is 4.27. The number of ketones is 1. The molecule has 50 valence electrons. The molecule has 0 amide bonds. The molecule has 0 saturated heterocycles. The summed E-state index contributed by atoms with van der Waals surface area (Å²) in [6, 6.07) is 0. The Labute approximate surface area is 53.9 Å². The second kappa shape index (κ2) is 1.57. The zero-order valence-corrected chi connectivity index (χ0v) is 5.21. The number of Topliss-reactive ketones (excluding diaryl/α,β-unsaturated/α-hetero) is 1. The molecule has 2 aliphatic carbocycles. The molecular formula is C7H10O2. The van der Waals surface area contributed by atoms with Gasteiger partial charge in [0, 0.05) is 12.3 Å². The largest absolute Gasteiger partial charge is 0.392 e. The van der Waals surface area contributed by atoms with Crippen LogP contribution in [0.15, 0.2) is 0 Å². The summed E-state index contributed by atoms with van der Waals surface area (Å²) < 4.78 is 0. The van der Waals surface area contributed by atoms with Gasteiger partial charge in [0.15, 0.2) is 0 Å². The highest BCUT2D eigenvalue weighted by molar-refractivity contribution is 5.84. The number of hydrogen-bond acceptors (Lipinski definition) is 2. The summed E-state index contributed by atoms with van der Waals surface area (Å²) in [5.74, 6) is 0.839. The van der Waals surface area contributed by atoms with E-state index in [1.807, 2.05) is 0 Å². The summed E-state index contributed by atoms with van der Waals surface area (Å²) >= 11 is 0. The van der Waals surface area contributed by atoms with E-state index in [4.69, 9.17) is 5.11 Å². The van der Waals surface area contributed by atoms with Crippen molar-refractivity contribution in [2.75, 3.05) is 0 Å². The molecule has 0 aromatic rings. The maximum absolute atomic E-state index is 10.9. The van der Waals surface area contributed by atoms with Crippen LogP contribution in [0.1, 0.15) is 19.3 Å².